The lowest BCUT2D eigenvalue weighted by Gasteiger charge is -2.36. The van der Waals surface area contributed by atoms with Gasteiger partial charge in [-0.3, -0.25) is 14.4 Å². The number of fused-ring (bicyclic) bond motifs is 1. The number of esters is 1. The van der Waals surface area contributed by atoms with Crippen molar-refractivity contribution in [3.05, 3.63) is 132 Å². The van der Waals surface area contributed by atoms with Crippen LogP contribution in [-0.4, -0.2) is 47.0 Å². The van der Waals surface area contributed by atoms with Gasteiger partial charge in [0, 0.05) is 13.0 Å². The first-order valence-corrected chi connectivity index (χ1v) is 15.2. The fourth-order valence-electron chi connectivity index (χ4n) is 5.70. The van der Waals surface area contributed by atoms with Gasteiger partial charge in [-0.05, 0) is 47.9 Å². The largest absolute Gasteiger partial charge is 0.463 e. The van der Waals surface area contributed by atoms with Crippen molar-refractivity contribution >= 4 is 17.8 Å². The summed E-state index contributed by atoms with van der Waals surface area (Å²) in [5.74, 6) is -1.96. The number of aliphatic hydroxyl groups excluding tert-OH is 1. The van der Waals surface area contributed by atoms with Gasteiger partial charge < -0.3 is 20.1 Å². The van der Waals surface area contributed by atoms with E-state index in [1.165, 1.54) is 0 Å². The van der Waals surface area contributed by atoms with Crippen molar-refractivity contribution in [3.63, 3.8) is 0 Å². The summed E-state index contributed by atoms with van der Waals surface area (Å²) in [7, 11) is 0. The van der Waals surface area contributed by atoms with E-state index >= 15 is 0 Å². The zero-order valence-electron chi connectivity index (χ0n) is 25.1. The summed E-state index contributed by atoms with van der Waals surface area (Å²) >= 11 is 0. The van der Waals surface area contributed by atoms with Gasteiger partial charge in [-0.25, -0.2) is 0 Å². The number of hydrogen-bond donors (Lipinski definition) is 2. The van der Waals surface area contributed by atoms with Crippen LogP contribution in [0.25, 0.3) is 0 Å². The maximum Gasteiger partial charge on any atom is 0.309 e. The predicted molar refractivity (Wildman–Crippen MR) is 171 cm³/mol. The third kappa shape index (κ3) is 8.77. The summed E-state index contributed by atoms with van der Waals surface area (Å²) in [6.07, 6.45) is 5.16. The van der Waals surface area contributed by atoms with E-state index in [0.29, 0.717) is 32.2 Å². The Morgan fingerprint density at radius 2 is 1.50 bits per heavy atom. The quantitative estimate of drug-likeness (QED) is 0.183. The standard InChI is InChI=1S/C37H42N2O5/c1-3-13-30(23-35(41)39-24-32-20-12-11-19-29(32)22-33(39)25-40)36(42)38-34(28-17-9-6-10-18-28)26-44-37(43)31(14-4-2)21-27-15-7-5-8-16-27/h3-12,15-20,30-31,33-34,40H,1-2,13-14,21-26H2,(H,38,42)/t30-,31-,33+,34+/m1/s1. The highest BCUT2D eigenvalue weighted by Crippen LogP contribution is 2.26. The Kier molecular flexibility index (Phi) is 12.1. The molecule has 1 aliphatic rings. The molecule has 2 N–H and O–H groups in total. The molecule has 1 heterocycles. The molecule has 4 rings (SSSR count). The second-order valence-corrected chi connectivity index (χ2v) is 11.3. The number of hydrogen-bond acceptors (Lipinski definition) is 5. The van der Waals surface area contributed by atoms with Gasteiger partial charge in [0.1, 0.15) is 6.61 Å². The second kappa shape index (κ2) is 16.4. The molecule has 0 radical (unpaired) electrons. The van der Waals surface area contributed by atoms with Crippen molar-refractivity contribution < 1.29 is 24.2 Å². The number of nitrogens with zero attached hydrogens (tertiary/aromatic N) is 1. The van der Waals surface area contributed by atoms with E-state index in [0.717, 1.165) is 22.3 Å². The second-order valence-electron chi connectivity index (χ2n) is 11.3. The van der Waals surface area contributed by atoms with Gasteiger partial charge in [0.25, 0.3) is 0 Å². The van der Waals surface area contributed by atoms with Gasteiger partial charge in [-0.2, -0.15) is 0 Å². The Labute approximate surface area is 260 Å². The van der Waals surface area contributed by atoms with E-state index in [1.807, 2.05) is 84.9 Å². The molecule has 7 heteroatoms. The number of aliphatic hydroxyl groups is 1. The van der Waals surface area contributed by atoms with Crippen LogP contribution in [0.15, 0.2) is 110 Å². The predicted octanol–water partition coefficient (Wildman–Crippen LogP) is 5.35. The molecule has 3 aromatic carbocycles. The molecule has 4 atom stereocenters. The molecule has 0 bridgehead atoms. The fourth-order valence-corrected chi connectivity index (χ4v) is 5.70. The number of carbonyl (C=O) groups is 3. The van der Waals surface area contributed by atoms with Crippen molar-refractivity contribution in [2.24, 2.45) is 11.8 Å². The topological polar surface area (TPSA) is 95.9 Å². The molecule has 0 unspecified atom stereocenters. The first-order valence-electron chi connectivity index (χ1n) is 15.2. The van der Waals surface area contributed by atoms with Gasteiger partial charge in [0.05, 0.1) is 30.5 Å². The maximum atomic E-state index is 13.7. The van der Waals surface area contributed by atoms with Crippen LogP contribution < -0.4 is 5.32 Å². The smallest absolute Gasteiger partial charge is 0.309 e. The van der Waals surface area contributed by atoms with E-state index in [9.17, 15) is 19.5 Å². The number of ether oxygens (including phenoxy) is 1. The number of nitrogens with one attached hydrogen (secondary N) is 1. The monoisotopic (exact) mass is 594 g/mol. The molecule has 0 saturated heterocycles. The minimum atomic E-state index is -0.676. The number of amides is 2. The molecule has 3 aromatic rings. The van der Waals surface area contributed by atoms with Crippen LogP contribution in [0.5, 0.6) is 0 Å². The Balaban J connectivity index is 1.45. The molecule has 0 fully saturated rings. The molecule has 0 spiro atoms. The highest BCUT2D eigenvalue weighted by Gasteiger charge is 2.32. The summed E-state index contributed by atoms with van der Waals surface area (Å²) < 4.78 is 5.80. The summed E-state index contributed by atoms with van der Waals surface area (Å²) in [6, 6.07) is 26.0. The Bertz CT molecular complexity index is 1410. The van der Waals surface area contributed by atoms with Crippen LogP contribution in [0.4, 0.5) is 0 Å². The van der Waals surface area contributed by atoms with E-state index < -0.39 is 17.9 Å². The van der Waals surface area contributed by atoms with E-state index in [2.05, 4.69) is 18.5 Å². The van der Waals surface area contributed by atoms with E-state index in [1.54, 1.807) is 17.1 Å². The number of carbonyl (C=O) groups excluding carboxylic acids is 3. The zero-order chi connectivity index (χ0) is 31.3. The molecular formula is C37H42N2O5. The molecule has 0 saturated carbocycles. The lowest BCUT2D eigenvalue weighted by atomic mass is 9.92. The highest BCUT2D eigenvalue weighted by molar-refractivity contribution is 5.86. The van der Waals surface area contributed by atoms with Crippen LogP contribution in [0.1, 0.15) is 47.6 Å². The van der Waals surface area contributed by atoms with Gasteiger partial charge >= 0.3 is 5.97 Å². The van der Waals surface area contributed by atoms with Crippen molar-refractivity contribution in [1.29, 1.82) is 0 Å². The summed E-state index contributed by atoms with van der Waals surface area (Å²) in [6.45, 7) is 7.79. The lowest BCUT2D eigenvalue weighted by molar-refractivity contribution is -0.150. The summed E-state index contributed by atoms with van der Waals surface area (Å²) in [4.78, 5) is 42.1. The molecule has 7 nitrogen and oxygen atoms in total. The third-order valence-corrected chi connectivity index (χ3v) is 8.15. The van der Waals surface area contributed by atoms with Gasteiger partial charge in [0.2, 0.25) is 11.8 Å². The van der Waals surface area contributed by atoms with Crippen LogP contribution in [-0.2, 0) is 38.5 Å². The summed E-state index contributed by atoms with van der Waals surface area (Å²) in [5, 5.41) is 13.1. The van der Waals surface area contributed by atoms with Gasteiger partial charge in [0.15, 0.2) is 0 Å². The van der Waals surface area contributed by atoms with Crippen molar-refractivity contribution in [2.75, 3.05) is 13.2 Å². The molecule has 2 amide bonds. The van der Waals surface area contributed by atoms with Gasteiger partial charge in [-0.1, -0.05) is 97.1 Å². The molecule has 44 heavy (non-hydrogen) atoms. The van der Waals surface area contributed by atoms with Crippen LogP contribution in [0.2, 0.25) is 0 Å². The van der Waals surface area contributed by atoms with Crippen LogP contribution >= 0.6 is 0 Å². The lowest BCUT2D eigenvalue weighted by Crippen LogP contribution is -2.47. The average Bonchev–Trinajstić information content (AvgIpc) is 3.06. The minimum Gasteiger partial charge on any atom is -0.463 e. The van der Waals surface area contributed by atoms with Crippen LogP contribution in [0.3, 0.4) is 0 Å². The molecule has 0 aromatic heterocycles. The number of allylic oxidation sites excluding steroid dienone is 2. The van der Waals surface area contributed by atoms with Crippen LogP contribution in [0, 0.1) is 11.8 Å². The summed E-state index contributed by atoms with van der Waals surface area (Å²) in [5.41, 5.74) is 3.98. The molecule has 230 valence electrons. The molecule has 1 aliphatic heterocycles. The van der Waals surface area contributed by atoms with E-state index in [-0.39, 0.29) is 43.5 Å². The Hall–Kier alpha value is -4.49. The fraction of sp³-hybridized carbons (Fsp3) is 0.324. The van der Waals surface area contributed by atoms with Gasteiger partial charge in [-0.15, -0.1) is 13.2 Å². The van der Waals surface area contributed by atoms with Crippen molar-refractivity contribution in [2.45, 2.75) is 50.7 Å². The van der Waals surface area contributed by atoms with Crippen molar-refractivity contribution in [1.82, 2.24) is 10.2 Å². The van der Waals surface area contributed by atoms with Crippen molar-refractivity contribution in [3.8, 4) is 0 Å². The first-order chi connectivity index (χ1) is 21.4. The Morgan fingerprint density at radius 3 is 2.16 bits per heavy atom. The Morgan fingerprint density at radius 1 is 0.886 bits per heavy atom. The first kappa shape index (κ1) is 32.4. The number of benzene rings is 3. The number of rotatable bonds is 15. The normalized spacial score (nSPS) is 16.1. The van der Waals surface area contributed by atoms with E-state index in [4.69, 9.17) is 4.74 Å². The zero-order valence-corrected chi connectivity index (χ0v) is 25.1. The molecular weight excluding hydrogens is 552 g/mol. The minimum absolute atomic E-state index is 0.0314. The maximum absolute atomic E-state index is 13.7. The SMILES string of the molecule is C=CC[C@H](CC(=O)N1Cc2ccccc2C[C@H]1CO)C(=O)N[C@@H](COC(=O)[C@H](CC=C)Cc1ccccc1)c1ccccc1. The average molecular weight is 595 g/mol. The third-order valence-electron chi connectivity index (χ3n) is 8.15. The molecule has 0 aliphatic carbocycles. The highest BCUT2D eigenvalue weighted by atomic mass is 16.5.